The molecule has 0 rings (SSSR count). The fraction of sp³-hybridized carbons (Fsp3) is 0.875. The summed E-state index contributed by atoms with van der Waals surface area (Å²) >= 11 is 0. The van der Waals surface area contributed by atoms with Crippen molar-refractivity contribution in [2.24, 2.45) is 11.8 Å². The molecule has 2 unspecified atom stereocenters. The van der Waals surface area contributed by atoms with E-state index < -0.39 is 18.0 Å². The molecule has 2 atom stereocenters. The Bertz CT molecular complexity index is 131. The minimum absolute atomic E-state index is 0.0116. The highest BCUT2D eigenvalue weighted by Crippen LogP contribution is 2.17. The Morgan fingerprint density at radius 1 is 1.45 bits per heavy atom. The first-order valence-corrected chi connectivity index (χ1v) is 3.91. The van der Waals surface area contributed by atoms with Crippen LogP contribution in [0, 0.1) is 11.8 Å². The van der Waals surface area contributed by atoms with Crippen LogP contribution in [0.5, 0.6) is 0 Å². The van der Waals surface area contributed by atoms with Crippen LogP contribution in [0.2, 0.25) is 0 Å². The van der Waals surface area contributed by atoms with Crippen LogP contribution in [0.15, 0.2) is 0 Å². The van der Waals surface area contributed by atoms with Gasteiger partial charge in [0.15, 0.2) is 0 Å². The molecule has 0 radical (unpaired) electrons. The molecule has 0 aliphatic heterocycles. The summed E-state index contributed by atoms with van der Waals surface area (Å²) in [5, 5.41) is 18.0. The summed E-state index contributed by atoms with van der Waals surface area (Å²) in [6, 6.07) is 0. The SMILES string of the molecule is CCC(O)C(C(=O)O)C(C)C. The summed E-state index contributed by atoms with van der Waals surface area (Å²) in [4.78, 5) is 10.6. The van der Waals surface area contributed by atoms with Crippen molar-refractivity contribution in [2.45, 2.75) is 33.3 Å². The van der Waals surface area contributed by atoms with Gasteiger partial charge >= 0.3 is 5.97 Å². The van der Waals surface area contributed by atoms with Crippen molar-refractivity contribution in [3.63, 3.8) is 0 Å². The number of rotatable bonds is 4. The summed E-state index contributed by atoms with van der Waals surface area (Å²) in [6.45, 7) is 5.39. The average molecular weight is 160 g/mol. The molecule has 0 aromatic rings. The van der Waals surface area contributed by atoms with E-state index in [4.69, 9.17) is 5.11 Å². The first-order valence-electron chi connectivity index (χ1n) is 3.91. The van der Waals surface area contributed by atoms with Crippen molar-refractivity contribution in [3.05, 3.63) is 0 Å². The van der Waals surface area contributed by atoms with E-state index >= 15 is 0 Å². The quantitative estimate of drug-likeness (QED) is 0.647. The molecule has 0 fully saturated rings. The predicted octanol–water partition coefficient (Wildman–Crippen LogP) is 1.11. The highest BCUT2D eigenvalue weighted by atomic mass is 16.4. The second-order valence-electron chi connectivity index (χ2n) is 3.08. The molecule has 11 heavy (non-hydrogen) atoms. The first-order chi connectivity index (χ1) is 5.00. The Hall–Kier alpha value is -0.570. The van der Waals surface area contributed by atoms with Crippen LogP contribution in [0.3, 0.4) is 0 Å². The maximum Gasteiger partial charge on any atom is 0.309 e. The van der Waals surface area contributed by atoms with Gasteiger partial charge in [-0.15, -0.1) is 0 Å². The molecule has 3 nitrogen and oxygen atoms in total. The second-order valence-corrected chi connectivity index (χ2v) is 3.08. The fourth-order valence-corrected chi connectivity index (χ4v) is 1.15. The zero-order valence-corrected chi connectivity index (χ0v) is 7.24. The van der Waals surface area contributed by atoms with E-state index in [0.717, 1.165) is 0 Å². The van der Waals surface area contributed by atoms with Gasteiger partial charge < -0.3 is 10.2 Å². The van der Waals surface area contributed by atoms with Crippen LogP contribution >= 0.6 is 0 Å². The zero-order chi connectivity index (χ0) is 9.02. The number of aliphatic carboxylic acids is 1. The summed E-state index contributed by atoms with van der Waals surface area (Å²) in [5.41, 5.74) is 0. The molecule has 3 heteroatoms. The smallest absolute Gasteiger partial charge is 0.309 e. The van der Waals surface area contributed by atoms with E-state index in [1.807, 2.05) is 0 Å². The minimum atomic E-state index is -0.908. The minimum Gasteiger partial charge on any atom is -0.481 e. The third kappa shape index (κ3) is 2.89. The number of aliphatic hydroxyl groups excluding tert-OH is 1. The molecule has 0 saturated carbocycles. The average Bonchev–Trinajstić information content (AvgIpc) is 1.85. The van der Waals surface area contributed by atoms with Crippen molar-refractivity contribution >= 4 is 5.97 Å². The van der Waals surface area contributed by atoms with Crippen molar-refractivity contribution in [2.75, 3.05) is 0 Å². The molecule has 0 heterocycles. The van der Waals surface area contributed by atoms with Crippen LogP contribution in [0.4, 0.5) is 0 Å². The summed E-state index contributed by atoms with van der Waals surface area (Å²) in [5.74, 6) is -1.54. The summed E-state index contributed by atoms with van der Waals surface area (Å²) in [6.07, 6.45) is -0.220. The van der Waals surface area contributed by atoms with Gasteiger partial charge in [-0.25, -0.2) is 0 Å². The molecular formula is C8H16O3. The lowest BCUT2D eigenvalue weighted by atomic mass is 9.89. The van der Waals surface area contributed by atoms with Gasteiger partial charge in [-0.1, -0.05) is 20.8 Å². The maximum absolute atomic E-state index is 10.6. The van der Waals surface area contributed by atoms with Crippen LogP contribution in [0.25, 0.3) is 0 Å². The van der Waals surface area contributed by atoms with E-state index in [2.05, 4.69) is 0 Å². The lowest BCUT2D eigenvalue weighted by Crippen LogP contribution is -2.31. The Labute approximate surface area is 67.0 Å². The number of carboxylic acids is 1. The normalized spacial score (nSPS) is 16.5. The lowest BCUT2D eigenvalue weighted by Gasteiger charge is -2.20. The molecule has 0 saturated heterocycles. The van der Waals surface area contributed by atoms with Crippen molar-refractivity contribution < 1.29 is 15.0 Å². The first kappa shape index (κ1) is 10.4. The Morgan fingerprint density at radius 3 is 2.00 bits per heavy atom. The van der Waals surface area contributed by atoms with Crippen LogP contribution in [-0.4, -0.2) is 22.3 Å². The van der Waals surface area contributed by atoms with Crippen LogP contribution < -0.4 is 0 Å². The molecule has 0 aliphatic rings. The van der Waals surface area contributed by atoms with Gasteiger partial charge in [-0.05, 0) is 12.3 Å². The molecule has 0 aliphatic carbocycles. The predicted molar refractivity (Wildman–Crippen MR) is 42.3 cm³/mol. The van der Waals surface area contributed by atoms with Crippen molar-refractivity contribution in [1.29, 1.82) is 0 Å². The molecule has 66 valence electrons. The number of aliphatic hydroxyl groups is 1. The zero-order valence-electron chi connectivity index (χ0n) is 7.24. The van der Waals surface area contributed by atoms with E-state index in [-0.39, 0.29) is 5.92 Å². The number of carboxylic acid groups (broad SMARTS) is 1. The number of carbonyl (C=O) groups is 1. The van der Waals surface area contributed by atoms with Gasteiger partial charge in [0.2, 0.25) is 0 Å². The summed E-state index contributed by atoms with van der Waals surface area (Å²) < 4.78 is 0. The largest absolute Gasteiger partial charge is 0.481 e. The van der Waals surface area contributed by atoms with Gasteiger partial charge in [0.05, 0.1) is 12.0 Å². The van der Waals surface area contributed by atoms with Gasteiger partial charge in [-0.2, -0.15) is 0 Å². The van der Waals surface area contributed by atoms with Crippen LogP contribution in [0.1, 0.15) is 27.2 Å². The molecule has 0 spiro atoms. The van der Waals surface area contributed by atoms with Crippen molar-refractivity contribution in [3.8, 4) is 0 Å². The van der Waals surface area contributed by atoms with Gasteiger partial charge in [0, 0.05) is 0 Å². The standard InChI is InChI=1S/C8H16O3/c1-4-6(9)7(5(2)3)8(10)11/h5-7,9H,4H2,1-3H3,(H,10,11). The van der Waals surface area contributed by atoms with E-state index in [1.165, 1.54) is 0 Å². The Morgan fingerprint density at radius 2 is 1.91 bits per heavy atom. The number of hydrogen-bond donors (Lipinski definition) is 2. The third-order valence-electron chi connectivity index (χ3n) is 1.84. The van der Waals surface area contributed by atoms with E-state index in [1.54, 1.807) is 20.8 Å². The third-order valence-corrected chi connectivity index (χ3v) is 1.84. The highest BCUT2D eigenvalue weighted by molar-refractivity contribution is 5.70. The monoisotopic (exact) mass is 160 g/mol. The Balaban J connectivity index is 4.21. The Kier molecular flexibility index (Phi) is 4.11. The van der Waals surface area contributed by atoms with Crippen LogP contribution in [-0.2, 0) is 4.79 Å². The van der Waals surface area contributed by atoms with Gasteiger partial charge in [-0.3, -0.25) is 4.79 Å². The molecule has 0 aromatic carbocycles. The number of hydrogen-bond acceptors (Lipinski definition) is 2. The molecular weight excluding hydrogens is 144 g/mol. The maximum atomic E-state index is 10.6. The molecule has 2 N–H and O–H groups in total. The molecule has 0 amide bonds. The molecule has 0 bridgehead atoms. The van der Waals surface area contributed by atoms with Gasteiger partial charge in [0.1, 0.15) is 0 Å². The lowest BCUT2D eigenvalue weighted by molar-refractivity contribution is -0.147. The summed E-state index contributed by atoms with van der Waals surface area (Å²) in [7, 11) is 0. The fourth-order valence-electron chi connectivity index (χ4n) is 1.15. The molecule has 0 aromatic heterocycles. The van der Waals surface area contributed by atoms with Gasteiger partial charge in [0.25, 0.3) is 0 Å². The highest BCUT2D eigenvalue weighted by Gasteiger charge is 2.27. The van der Waals surface area contributed by atoms with E-state index in [0.29, 0.717) is 6.42 Å². The van der Waals surface area contributed by atoms with E-state index in [9.17, 15) is 9.90 Å². The topological polar surface area (TPSA) is 57.5 Å². The second kappa shape index (κ2) is 4.34. The van der Waals surface area contributed by atoms with Crippen molar-refractivity contribution in [1.82, 2.24) is 0 Å².